The molecule has 1 aromatic heterocycles. The van der Waals surface area contributed by atoms with Crippen LogP contribution in [0, 0.1) is 5.82 Å². The first-order chi connectivity index (χ1) is 8.45. The molecule has 0 aliphatic carbocycles. The van der Waals surface area contributed by atoms with Crippen molar-refractivity contribution in [3.05, 3.63) is 47.9 Å². The quantitative estimate of drug-likeness (QED) is 0.810. The zero-order valence-corrected chi connectivity index (χ0v) is 10.6. The minimum absolute atomic E-state index is 0.0403. The summed E-state index contributed by atoms with van der Waals surface area (Å²) in [5, 5.41) is 8.11. The number of nitrogens with zero attached hydrogens (tertiary/aromatic N) is 2. The number of hydrogen-bond acceptors (Lipinski definition) is 3. The van der Waals surface area contributed by atoms with Crippen LogP contribution in [0.3, 0.4) is 0 Å². The lowest BCUT2D eigenvalue weighted by Gasteiger charge is -2.16. The SMILES string of the molecule is CC(C)(C)c1ccc(Oc2ccc(F)cc2)nn1. The number of benzene rings is 1. The smallest absolute Gasteiger partial charge is 0.238 e. The van der Waals surface area contributed by atoms with Crippen molar-refractivity contribution in [2.45, 2.75) is 26.2 Å². The van der Waals surface area contributed by atoms with Gasteiger partial charge in [-0.25, -0.2) is 4.39 Å². The molecule has 4 heteroatoms. The first-order valence-electron chi connectivity index (χ1n) is 5.73. The molecule has 0 amide bonds. The molecule has 0 aliphatic heterocycles. The van der Waals surface area contributed by atoms with Crippen LogP contribution in [0.15, 0.2) is 36.4 Å². The maximum atomic E-state index is 12.7. The Labute approximate surface area is 106 Å². The largest absolute Gasteiger partial charge is 0.438 e. The van der Waals surface area contributed by atoms with Crippen molar-refractivity contribution in [3.8, 4) is 11.6 Å². The number of halogens is 1. The average Bonchev–Trinajstić information content (AvgIpc) is 2.32. The van der Waals surface area contributed by atoms with Crippen LogP contribution in [0.5, 0.6) is 11.6 Å². The lowest BCUT2D eigenvalue weighted by atomic mass is 9.92. The van der Waals surface area contributed by atoms with Crippen molar-refractivity contribution < 1.29 is 9.13 Å². The fourth-order valence-corrected chi connectivity index (χ4v) is 1.40. The maximum Gasteiger partial charge on any atom is 0.238 e. The fourth-order valence-electron chi connectivity index (χ4n) is 1.40. The zero-order chi connectivity index (χ0) is 13.2. The van der Waals surface area contributed by atoms with Gasteiger partial charge in [-0.2, -0.15) is 5.10 Å². The van der Waals surface area contributed by atoms with Crippen LogP contribution in [-0.4, -0.2) is 10.2 Å². The number of hydrogen-bond donors (Lipinski definition) is 0. The summed E-state index contributed by atoms with van der Waals surface area (Å²) in [6.45, 7) is 6.20. The highest BCUT2D eigenvalue weighted by molar-refractivity contribution is 5.27. The molecule has 0 saturated carbocycles. The van der Waals surface area contributed by atoms with E-state index in [1.165, 1.54) is 12.1 Å². The van der Waals surface area contributed by atoms with Gasteiger partial charge in [-0.3, -0.25) is 0 Å². The second kappa shape index (κ2) is 4.72. The van der Waals surface area contributed by atoms with E-state index in [1.807, 2.05) is 6.07 Å². The topological polar surface area (TPSA) is 35.0 Å². The summed E-state index contributed by atoms with van der Waals surface area (Å²) in [4.78, 5) is 0. The van der Waals surface area contributed by atoms with Crippen molar-refractivity contribution in [2.24, 2.45) is 0 Å². The van der Waals surface area contributed by atoms with Crippen molar-refractivity contribution in [2.75, 3.05) is 0 Å². The average molecular weight is 246 g/mol. The van der Waals surface area contributed by atoms with E-state index < -0.39 is 0 Å². The molecule has 2 rings (SSSR count). The van der Waals surface area contributed by atoms with Crippen LogP contribution >= 0.6 is 0 Å². The molecule has 0 unspecified atom stereocenters. The lowest BCUT2D eigenvalue weighted by Crippen LogP contribution is -2.14. The predicted molar refractivity (Wildman–Crippen MR) is 67.2 cm³/mol. The molecule has 0 fully saturated rings. The van der Waals surface area contributed by atoms with E-state index in [4.69, 9.17) is 4.74 Å². The molecule has 0 atom stereocenters. The van der Waals surface area contributed by atoms with Crippen molar-refractivity contribution in [1.29, 1.82) is 0 Å². The van der Waals surface area contributed by atoms with E-state index in [9.17, 15) is 4.39 Å². The third-order valence-electron chi connectivity index (χ3n) is 2.44. The molecule has 94 valence electrons. The molecule has 0 radical (unpaired) electrons. The summed E-state index contributed by atoms with van der Waals surface area (Å²) in [6, 6.07) is 9.42. The molecule has 2 aromatic rings. The summed E-state index contributed by atoms with van der Waals surface area (Å²) in [6.07, 6.45) is 0. The summed E-state index contributed by atoms with van der Waals surface area (Å²) in [7, 11) is 0. The summed E-state index contributed by atoms with van der Waals surface area (Å²) < 4.78 is 18.2. The lowest BCUT2D eigenvalue weighted by molar-refractivity contribution is 0.447. The Bertz CT molecular complexity index is 515. The molecular weight excluding hydrogens is 231 g/mol. The standard InChI is InChI=1S/C14H15FN2O/c1-14(2,3)12-8-9-13(17-16-12)18-11-6-4-10(15)5-7-11/h4-9H,1-3H3. The molecule has 18 heavy (non-hydrogen) atoms. The van der Waals surface area contributed by atoms with Gasteiger partial charge >= 0.3 is 0 Å². The van der Waals surface area contributed by atoms with Gasteiger partial charge in [0.15, 0.2) is 0 Å². The van der Waals surface area contributed by atoms with Crippen LogP contribution in [0.4, 0.5) is 4.39 Å². The first-order valence-corrected chi connectivity index (χ1v) is 5.73. The van der Waals surface area contributed by atoms with Gasteiger partial charge in [0.05, 0.1) is 5.69 Å². The third kappa shape index (κ3) is 3.03. The van der Waals surface area contributed by atoms with Crippen molar-refractivity contribution in [3.63, 3.8) is 0 Å². The van der Waals surface area contributed by atoms with Gasteiger partial charge in [-0.1, -0.05) is 20.8 Å². The molecule has 0 saturated heterocycles. The Morgan fingerprint density at radius 3 is 2.11 bits per heavy atom. The number of rotatable bonds is 2. The van der Waals surface area contributed by atoms with E-state index in [-0.39, 0.29) is 11.2 Å². The maximum absolute atomic E-state index is 12.7. The molecule has 1 heterocycles. The number of aromatic nitrogens is 2. The molecule has 0 N–H and O–H groups in total. The van der Waals surface area contributed by atoms with Crippen LogP contribution < -0.4 is 4.74 Å². The fraction of sp³-hybridized carbons (Fsp3) is 0.286. The normalized spacial score (nSPS) is 11.3. The zero-order valence-electron chi connectivity index (χ0n) is 10.6. The van der Waals surface area contributed by atoms with Crippen molar-refractivity contribution >= 4 is 0 Å². The second-order valence-electron chi connectivity index (χ2n) is 5.06. The molecular formula is C14H15FN2O. The van der Waals surface area contributed by atoms with Gasteiger partial charge in [0, 0.05) is 11.5 Å². The highest BCUT2D eigenvalue weighted by atomic mass is 19.1. The van der Waals surface area contributed by atoms with Gasteiger partial charge in [0.2, 0.25) is 5.88 Å². The summed E-state index contributed by atoms with van der Waals surface area (Å²) >= 11 is 0. The molecule has 0 spiro atoms. The van der Waals surface area contributed by atoms with Gasteiger partial charge in [-0.15, -0.1) is 5.10 Å². The highest BCUT2D eigenvalue weighted by Crippen LogP contribution is 2.22. The minimum atomic E-state index is -0.295. The van der Waals surface area contributed by atoms with Gasteiger partial charge < -0.3 is 4.74 Å². The van der Waals surface area contributed by atoms with E-state index in [0.29, 0.717) is 11.6 Å². The van der Waals surface area contributed by atoms with Crippen LogP contribution in [0.25, 0.3) is 0 Å². The van der Waals surface area contributed by atoms with Crippen LogP contribution in [0.2, 0.25) is 0 Å². The van der Waals surface area contributed by atoms with Crippen LogP contribution in [-0.2, 0) is 5.41 Å². The highest BCUT2D eigenvalue weighted by Gasteiger charge is 2.15. The monoisotopic (exact) mass is 246 g/mol. The van der Waals surface area contributed by atoms with Crippen LogP contribution in [0.1, 0.15) is 26.5 Å². The van der Waals surface area contributed by atoms with E-state index in [1.54, 1.807) is 18.2 Å². The van der Waals surface area contributed by atoms with E-state index >= 15 is 0 Å². The Kier molecular flexibility index (Phi) is 3.28. The molecule has 0 bridgehead atoms. The second-order valence-corrected chi connectivity index (χ2v) is 5.06. The Morgan fingerprint density at radius 2 is 1.61 bits per heavy atom. The van der Waals surface area contributed by atoms with Gasteiger partial charge in [-0.05, 0) is 30.3 Å². The Hall–Kier alpha value is -1.97. The molecule has 1 aromatic carbocycles. The predicted octanol–water partition coefficient (Wildman–Crippen LogP) is 3.71. The van der Waals surface area contributed by atoms with Gasteiger partial charge in [0.25, 0.3) is 0 Å². The summed E-state index contributed by atoms with van der Waals surface area (Å²) in [5.41, 5.74) is 0.857. The number of ether oxygens (including phenoxy) is 1. The molecule has 0 aliphatic rings. The minimum Gasteiger partial charge on any atom is -0.438 e. The van der Waals surface area contributed by atoms with E-state index in [0.717, 1.165) is 5.69 Å². The van der Waals surface area contributed by atoms with E-state index in [2.05, 4.69) is 31.0 Å². The Morgan fingerprint density at radius 1 is 0.944 bits per heavy atom. The van der Waals surface area contributed by atoms with Crippen molar-refractivity contribution in [1.82, 2.24) is 10.2 Å². The molecule has 3 nitrogen and oxygen atoms in total. The third-order valence-corrected chi connectivity index (χ3v) is 2.44. The Balaban J connectivity index is 2.13. The summed E-state index contributed by atoms with van der Waals surface area (Å²) in [5.74, 6) is 0.639. The van der Waals surface area contributed by atoms with Gasteiger partial charge in [0.1, 0.15) is 11.6 Å². The first kappa shape index (κ1) is 12.5.